The van der Waals surface area contributed by atoms with E-state index in [-0.39, 0.29) is 0 Å². The van der Waals surface area contributed by atoms with Crippen LogP contribution >= 0.6 is 11.8 Å². The first-order valence-corrected chi connectivity index (χ1v) is 5.72. The van der Waals surface area contributed by atoms with Gasteiger partial charge in [-0.05, 0) is 44.5 Å². The summed E-state index contributed by atoms with van der Waals surface area (Å²) < 4.78 is 0. The molecule has 0 aliphatic heterocycles. The molecule has 0 spiro atoms. The van der Waals surface area contributed by atoms with Crippen LogP contribution < -0.4 is 0 Å². The van der Waals surface area contributed by atoms with Gasteiger partial charge in [0.05, 0.1) is 0 Å². The first kappa shape index (κ1) is 10.6. The maximum absolute atomic E-state index is 2.22. The molecule has 2 heteroatoms. The van der Waals surface area contributed by atoms with Crippen LogP contribution in [0, 0.1) is 0 Å². The van der Waals surface area contributed by atoms with Gasteiger partial charge in [0.2, 0.25) is 0 Å². The minimum Gasteiger partial charge on any atom is -0.309 e. The molecule has 13 heavy (non-hydrogen) atoms. The Morgan fingerprint density at radius 2 is 1.77 bits per heavy atom. The van der Waals surface area contributed by atoms with E-state index in [1.54, 1.807) is 11.8 Å². The molecule has 0 aliphatic rings. The van der Waals surface area contributed by atoms with Gasteiger partial charge in [0, 0.05) is 11.4 Å². The standard InChI is InChI=1S/C11H17NS/c1-12(2)9-8-10-4-6-11(13-3)7-5-10/h4-7H,8-9H2,1-3H3. The van der Waals surface area contributed by atoms with E-state index in [1.807, 2.05) is 0 Å². The summed E-state index contributed by atoms with van der Waals surface area (Å²) in [6.45, 7) is 1.12. The fourth-order valence-electron chi connectivity index (χ4n) is 1.14. The number of likely N-dealkylation sites (N-methyl/N-ethyl adjacent to an activating group) is 1. The molecule has 0 aromatic heterocycles. The molecule has 0 aliphatic carbocycles. The highest BCUT2D eigenvalue weighted by molar-refractivity contribution is 7.98. The Labute approximate surface area is 85.1 Å². The quantitative estimate of drug-likeness (QED) is 0.679. The van der Waals surface area contributed by atoms with Crippen LogP contribution in [0.1, 0.15) is 5.56 Å². The molecule has 0 atom stereocenters. The van der Waals surface area contributed by atoms with Crippen LogP contribution in [0.4, 0.5) is 0 Å². The summed E-state index contributed by atoms with van der Waals surface area (Å²) in [6, 6.07) is 8.82. The van der Waals surface area contributed by atoms with Crippen LogP contribution in [0.2, 0.25) is 0 Å². The van der Waals surface area contributed by atoms with Crippen molar-refractivity contribution < 1.29 is 0 Å². The van der Waals surface area contributed by atoms with Crippen LogP contribution in [-0.2, 0) is 6.42 Å². The van der Waals surface area contributed by atoms with Gasteiger partial charge in [0.1, 0.15) is 0 Å². The molecular weight excluding hydrogens is 178 g/mol. The van der Waals surface area contributed by atoms with E-state index in [0.717, 1.165) is 13.0 Å². The Bertz CT molecular complexity index is 241. The summed E-state index contributed by atoms with van der Waals surface area (Å²) >= 11 is 1.79. The lowest BCUT2D eigenvalue weighted by Gasteiger charge is -2.09. The van der Waals surface area contributed by atoms with E-state index in [1.165, 1.54) is 10.5 Å². The Hall–Kier alpha value is -0.470. The van der Waals surface area contributed by atoms with Crippen molar-refractivity contribution in [2.24, 2.45) is 0 Å². The SMILES string of the molecule is CSc1ccc(CCN(C)C)cc1. The molecule has 0 radical (unpaired) electrons. The number of nitrogens with zero attached hydrogens (tertiary/aromatic N) is 1. The van der Waals surface area contributed by atoms with Gasteiger partial charge in [-0.15, -0.1) is 11.8 Å². The third-order valence-corrected chi connectivity index (χ3v) is 2.75. The van der Waals surface area contributed by atoms with Gasteiger partial charge in [-0.25, -0.2) is 0 Å². The fourth-order valence-corrected chi connectivity index (χ4v) is 1.55. The molecule has 1 rings (SSSR count). The van der Waals surface area contributed by atoms with Gasteiger partial charge in [-0.2, -0.15) is 0 Å². The molecule has 0 unspecified atom stereocenters. The third kappa shape index (κ3) is 3.83. The average Bonchev–Trinajstić information content (AvgIpc) is 2.15. The first-order valence-electron chi connectivity index (χ1n) is 4.50. The molecular formula is C11H17NS. The van der Waals surface area contributed by atoms with Gasteiger partial charge < -0.3 is 4.90 Å². The predicted molar refractivity (Wildman–Crippen MR) is 60.5 cm³/mol. The van der Waals surface area contributed by atoms with Crippen LogP contribution in [0.3, 0.4) is 0 Å². The van der Waals surface area contributed by atoms with E-state index in [2.05, 4.69) is 49.5 Å². The number of hydrogen-bond donors (Lipinski definition) is 0. The minimum atomic E-state index is 1.12. The van der Waals surface area contributed by atoms with E-state index in [4.69, 9.17) is 0 Å². The summed E-state index contributed by atoms with van der Waals surface area (Å²) in [7, 11) is 4.21. The molecule has 72 valence electrons. The lowest BCUT2D eigenvalue weighted by Crippen LogP contribution is -2.14. The summed E-state index contributed by atoms with van der Waals surface area (Å²) in [6.07, 6.45) is 3.25. The Kier molecular flexibility index (Phi) is 4.33. The zero-order valence-corrected chi connectivity index (χ0v) is 9.40. The number of hydrogen-bond acceptors (Lipinski definition) is 2. The smallest absolute Gasteiger partial charge is 0.00693 e. The van der Waals surface area contributed by atoms with Crippen LogP contribution in [0.25, 0.3) is 0 Å². The van der Waals surface area contributed by atoms with Crippen molar-refractivity contribution in [2.45, 2.75) is 11.3 Å². The van der Waals surface area contributed by atoms with E-state index >= 15 is 0 Å². The van der Waals surface area contributed by atoms with Gasteiger partial charge in [-0.1, -0.05) is 12.1 Å². The second-order valence-electron chi connectivity index (χ2n) is 3.40. The molecule has 0 N–H and O–H groups in total. The zero-order valence-electron chi connectivity index (χ0n) is 8.58. The average molecular weight is 195 g/mol. The molecule has 1 nitrogen and oxygen atoms in total. The maximum Gasteiger partial charge on any atom is 0.00693 e. The molecule has 1 aromatic carbocycles. The van der Waals surface area contributed by atoms with Gasteiger partial charge >= 0.3 is 0 Å². The zero-order chi connectivity index (χ0) is 9.68. The topological polar surface area (TPSA) is 3.24 Å². The number of rotatable bonds is 4. The third-order valence-electron chi connectivity index (χ3n) is 2.01. The highest BCUT2D eigenvalue weighted by Crippen LogP contribution is 2.14. The highest BCUT2D eigenvalue weighted by Gasteiger charge is 1.94. The summed E-state index contributed by atoms with van der Waals surface area (Å²) in [5.41, 5.74) is 1.42. The van der Waals surface area contributed by atoms with Crippen LogP contribution in [-0.4, -0.2) is 31.8 Å². The van der Waals surface area contributed by atoms with Crippen molar-refractivity contribution in [1.82, 2.24) is 4.90 Å². The summed E-state index contributed by atoms with van der Waals surface area (Å²) in [4.78, 5) is 3.55. The van der Waals surface area contributed by atoms with Crippen molar-refractivity contribution >= 4 is 11.8 Å². The number of thioether (sulfide) groups is 1. The normalized spacial score (nSPS) is 10.8. The van der Waals surface area contributed by atoms with Gasteiger partial charge in [0.15, 0.2) is 0 Å². The molecule has 0 saturated heterocycles. The van der Waals surface area contributed by atoms with E-state index < -0.39 is 0 Å². The van der Waals surface area contributed by atoms with Crippen molar-refractivity contribution in [3.05, 3.63) is 29.8 Å². The lowest BCUT2D eigenvalue weighted by atomic mass is 10.1. The molecule has 0 fully saturated rings. The summed E-state index contributed by atoms with van der Waals surface area (Å²) in [5.74, 6) is 0. The lowest BCUT2D eigenvalue weighted by molar-refractivity contribution is 0.413. The van der Waals surface area contributed by atoms with Crippen molar-refractivity contribution in [3.8, 4) is 0 Å². The second kappa shape index (κ2) is 5.30. The molecule has 0 heterocycles. The monoisotopic (exact) mass is 195 g/mol. The maximum atomic E-state index is 2.22. The largest absolute Gasteiger partial charge is 0.309 e. The fraction of sp³-hybridized carbons (Fsp3) is 0.455. The molecule has 0 saturated carbocycles. The minimum absolute atomic E-state index is 1.12. The van der Waals surface area contributed by atoms with E-state index in [0.29, 0.717) is 0 Å². The number of benzene rings is 1. The van der Waals surface area contributed by atoms with Crippen LogP contribution in [0.5, 0.6) is 0 Å². The van der Waals surface area contributed by atoms with E-state index in [9.17, 15) is 0 Å². The van der Waals surface area contributed by atoms with Crippen molar-refractivity contribution in [3.63, 3.8) is 0 Å². The predicted octanol–water partition coefficient (Wildman–Crippen LogP) is 2.51. The Morgan fingerprint density at radius 3 is 2.23 bits per heavy atom. The second-order valence-corrected chi connectivity index (χ2v) is 4.28. The highest BCUT2D eigenvalue weighted by atomic mass is 32.2. The van der Waals surface area contributed by atoms with Crippen molar-refractivity contribution in [2.75, 3.05) is 26.9 Å². The van der Waals surface area contributed by atoms with Gasteiger partial charge in [0.25, 0.3) is 0 Å². The molecule has 0 amide bonds. The summed E-state index contributed by atoms with van der Waals surface area (Å²) in [5, 5.41) is 0. The molecule has 0 bridgehead atoms. The Morgan fingerprint density at radius 1 is 1.15 bits per heavy atom. The molecule has 1 aromatic rings. The van der Waals surface area contributed by atoms with Gasteiger partial charge in [-0.3, -0.25) is 0 Å². The van der Waals surface area contributed by atoms with Crippen LogP contribution in [0.15, 0.2) is 29.2 Å². The first-order chi connectivity index (χ1) is 6.22. The Balaban J connectivity index is 2.49. The van der Waals surface area contributed by atoms with Crippen molar-refractivity contribution in [1.29, 1.82) is 0 Å².